The van der Waals surface area contributed by atoms with Gasteiger partial charge in [0.05, 0.1) is 12.5 Å². The first-order chi connectivity index (χ1) is 14.1. The van der Waals surface area contributed by atoms with E-state index < -0.39 is 77.6 Å². The second kappa shape index (κ2) is 10.8. The van der Waals surface area contributed by atoms with E-state index in [0.29, 0.717) is 0 Å². The van der Waals surface area contributed by atoms with Crippen LogP contribution in [-0.4, -0.2) is 41.3 Å². The highest BCUT2D eigenvalue weighted by molar-refractivity contribution is 5.80. The summed E-state index contributed by atoms with van der Waals surface area (Å²) in [6, 6.07) is -1.22. The highest BCUT2D eigenvalue weighted by Gasteiger charge is 2.30. The van der Waals surface area contributed by atoms with E-state index in [0.717, 1.165) is 0 Å². The molecular weight excluding hydrogens is 422 g/mol. The van der Waals surface area contributed by atoms with Gasteiger partial charge in [0.1, 0.15) is 18.3 Å². The predicted octanol–water partition coefficient (Wildman–Crippen LogP) is 3.49. The van der Waals surface area contributed by atoms with Crippen molar-refractivity contribution in [1.29, 1.82) is 0 Å². The third kappa shape index (κ3) is 8.01. The molecule has 3 atom stereocenters. The summed E-state index contributed by atoms with van der Waals surface area (Å²) in [4.78, 5) is 24.6. The Hall–Kier alpha value is -2.36. The third-order valence-corrected chi connectivity index (χ3v) is 4.48. The van der Waals surface area contributed by atoms with Gasteiger partial charge in [-0.2, -0.15) is 8.78 Å². The Bertz CT molecular complexity index is 769. The highest BCUT2D eigenvalue weighted by Crippen LogP contribution is 2.26. The quantitative estimate of drug-likeness (QED) is 0.341. The van der Waals surface area contributed by atoms with Crippen LogP contribution < -0.4 is 10.1 Å². The van der Waals surface area contributed by atoms with Crippen molar-refractivity contribution in [2.75, 3.05) is 6.61 Å². The molecule has 1 amide bonds. The van der Waals surface area contributed by atoms with Gasteiger partial charge in [-0.3, -0.25) is 9.59 Å². The zero-order valence-corrected chi connectivity index (χ0v) is 18.4. The molecule has 1 aromatic carbocycles. The van der Waals surface area contributed by atoms with Crippen molar-refractivity contribution in [2.24, 2.45) is 11.8 Å². The van der Waals surface area contributed by atoms with Crippen molar-refractivity contribution < 1.29 is 41.7 Å². The largest absolute Gasteiger partial charge is 0.485 e. The minimum absolute atomic E-state index is 0.0206. The van der Waals surface area contributed by atoms with Crippen LogP contribution in [0.5, 0.6) is 5.75 Å². The summed E-state index contributed by atoms with van der Waals surface area (Å²) in [6.07, 6.45) is -2.12. The lowest BCUT2D eigenvalue weighted by atomic mass is 9.96. The van der Waals surface area contributed by atoms with Crippen molar-refractivity contribution >= 4 is 11.9 Å². The van der Waals surface area contributed by atoms with Crippen LogP contribution in [-0.2, 0) is 14.3 Å². The average Bonchev–Trinajstić information content (AvgIpc) is 2.63. The minimum Gasteiger partial charge on any atom is -0.485 e. The summed E-state index contributed by atoms with van der Waals surface area (Å²) in [5, 5.41) is 12.9. The lowest BCUT2D eigenvalue weighted by Gasteiger charge is -2.27. The van der Waals surface area contributed by atoms with Gasteiger partial charge >= 0.3 is 5.97 Å². The molecule has 0 aliphatic rings. The zero-order chi connectivity index (χ0) is 24.1. The fraction of sp³-hybridized carbons (Fsp3) is 0.619. The average molecular weight is 451 g/mol. The monoisotopic (exact) mass is 451 g/mol. The van der Waals surface area contributed by atoms with Gasteiger partial charge in [-0.15, -0.1) is 0 Å². The molecule has 2 N–H and O–H groups in total. The fourth-order valence-electron chi connectivity index (χ4n) is 2.43. The summed E-state index contributed by atoms with van der Waals surface area (Å²) < 4.78 is 64.1. The first-order valence-electron chi connectivity index (χ1n) is 9.80. The maximum absolute atomic E-state index is 13.8. The van der Waals surface area contributed by atoms with E-state index in [1.807, 2.05) is 0 Å². The van der Waals surface area contributed by atoms with Crippen molar-refractivity contribution in [3.8, 4) is 5.75 Å². The van der Waals surface area contributed by atoms with E-state index in [4.69, 9.17) is 9.47 Å². The summed E-state index contributed by atoms with van der Waals surface area (Å²) in [5.74, 6) is -9.98. The van der Waals surface area contributed by atoms with Crippen LogP contribution in [0.4, 0.5) is 17.6 Å². The normalized spacial score (nSPS) is 14.7. The lowest BCUT2D eigenvalue weighted by molar-refractivity contribution is -0.156. The fourth-order valence-corrected chi connectivity index (χ4v) is 2.43. The van der Waals surface area contributed by atoms with Crippen LogP contribution in [0, 0.1) is 35.1 Å². The number of rotatable bonds is 9. The molecule has 10 heteroatoms. The standard InChI is InChI=1S/C21H29F4NO5/c1-10(2)11(3)20(29)26-14(8-16(28)31-21(4,5)6)15(27)9-30-19-17(24)12(22)7-13(23)18(19)25/h7,10-11,14-15,27H,8-9H2,1-6H3,(H,26,29). The van der Waals surface area contributed by atoms with Gasteiger partial charge in [0.15, 0.2) is 17.4 Å². The first kappa shape index (κ1) is 26.7. The lowest BCUT2D eigenvalue weighted by Crippen LogP contribution is -2.49. The SMILES string of the molecule is CC(C)C(C)C(=O)NC(CC(=O)OC(C)(C)C)C(O)COc1c(F)c(F)cc(F)c1F. The van der Waals surface area contributed by atoms with Gasteiger partial charge < -0.3 is 19.9 Å². The molecule has 176 valence electrons. The van der Waals surface area contributed by atoms with Crippen LogP contribution >= 0.6 is 0 Å². The first-order valence-corrected chi connectivity index (χ1v) is 9.80. The van der Waals surface area contributed by atoms with E-state index in [9.17, 15) is 32.3 Å². The minimum atomic E-state index is -1.77. The molecular formula is C21H29F4NO5. The van der Waals surface area contributed by atoms with E-state index in [2.05, 4.69) is 5.32 Å². The number of carbonyl (C=O) groups is 2. The van der Waals surface area contributed by atoms with Crippen LogP contribution in [0.25, 0.3) is 0 Å². The number of ether oxygens (including phenoxy) is 2. The smallest absolute Gasteiger partial charge is 0.308 e. The summed E-state index contributed by atoms with van der Waals surface area (Å²) in [7, 11) is 0. The van der Waals surface area contributed by atoms with Crippen molar-refractivity contribution in [3.05, 3.63) is 29.3 Å². The summed E-state index contributed by atoms with van der Waals surface area (Å²) >= 11 is 0. The second-order valence-corrected chi connectivity index (χ2v) is 8.61. The van der Waals surface area contributed by atoms with Crippen molar-refractivity contribution in [1.82, 2.24) is 5.32 Å². The van der Waals surface area contributed by atoms with E-state index in [1.165, 1.54) is 0 Å². The Balaban J connectivity index is 3.01. The number of halogens is 4. The van der Waals surface area contributed by atoms with E-state index >= 15 is 0 Å². The number of benzene rings is 1. The number of nitrogens with one attached hydrogen (secondary N) is 1. The molecule has 3 unspecified atom stereocenters. The number of hydrogen-bond acceptors (Lipinski definition) is 5. The summed E-state index contributed by atoms with van der Waals surface area (Å²) in [6.45, 7) is 9.27. The molecule has 0 fully saturated rings. The Morgan fingerprint density at radius 2 is 1.58 bits per heavy atom. The molecule has 0 heterocycles. The van der Waals surface area contributed by atoms with Crippen LogP contribution in [0.2, 0.25) is 0 Å². The highest BCUT2D eigenvalue weighted by atomic mass is 19.2. The molecule has 0 radical (unpaired) electrons. The molecule has 0 saturated carbocycles. The molecule has 0 bridgehead atoms. The molecule has 0 spiro atoms. The number of amides is 1. The number of hydrogen-bond donors (Lipinski definition) is 2. The van der Waals surface area contributed by atoms with Gasteiger partial charge in [-0.25, -0.2) is 8.78 Å². The van der Waals surface area contributed by atoms with Crippen molar-refractivity contribution in [2.45, 2.75) is 65.7 Å². The molecule has 0 saturated heterocycles. The van der Waals surface area contributed by atoms with E-state index in [-0.39, 0.29) is 12.0 Å². The maximum Gasteiger partial charge on any atom is 0.308 e. The maximum atomic E-state index is 13.8. The molecule has 1 rings (SSSR count). The Morgan fingerprint density at radius 3 is 2.03 bits per heavy atom. The molecule has 6 nitrogen and oxygen atoms in total. The molecule has 0 aliphatic carbocycles. The number of aliphatic hydroxyl groups is 1. The Kier molecular flexibility index (Phi) is 9.28. The number of carbonyl (C=O) groups excluding carboxylic acids is 2. The predicted molar refractivity (Wildman–Crippen MR) is 104 cm³/mol. The summed E-state index contributed by atoms with van der Waals surface area (Å²) in [5.41, 5.74) is -0.830. The zero-order valence-electron chi connectivity index (χ0n) is 18.4. The van der Waals surface area contributed by atoms with Gasteiger partial charge in [0.25, 0.3) is 0 Å². The van der Waals surface area contributed by atoms with Crippen LogP contribution in [0.1, 0.15) is 48.0 Å². The topological polar surface area (TPSA) is 84.9 Å². The van der Waals surface area contributed by atoms with E-state index in [1.54, 1.807) is 41.5 Å². The van der Waals surface area contributed by atoms with Crippen molar-refractivity contribution in [3.63, 3.8) is 0 Å². The molecule has 31 heavy (non-hydrogen) atoms. The Morgan fingerprint density at radius 1 is 1.06 bits per heavy atom. The molecule has 0 aromatic heterocycles. The van der Waals surface area contributed by atoms with Gasteiger partial charge in [0, 0.05) is 12.0 Å². The number of esters is 1. The van der Waals surface area contributed by atoms with Gasteiger partial charge in [0.2, 0.25) is 17.5 Å². The third-order valence-electron chi connectivity index (χ3n) is 4.48. The van der Waals surface area contributed by atoms with Crippen LogP contribution in [0.3, 0.4) is 0 Å². The second-order valence-electron chi connectivity index (χ2n) is 8.61. The van der Waals surface area contributed by atoms with Gasteiger partial charge in [-0.1, -0.05) is 20.8 Å². The Labute approximate surface area is 178 Å². The number of aliphatic hydroxyl groups excluding tert-OH is 1. The van der Waals surface area contributed by atoms with Crippen LogP contribution in [0.15, 0.2) is 6.07 Å². The van der Waals surface area contributed by atoms with Gasteiger partial charge in [-0.05, 0) is 26.7 Å². The molecule has 0 aliphatic heterocycles. The molecule has 1 aromatic rings.